The van der Waals surface area contributed by atoms with Gasteiger partial charge in [0, 0.05) is 65.1 Å². The van der Waals surface area contributed by atoms with Crippen LogP contribution in [-0.4, -0.2) is 71.6 Å². The number of rotatable bonds is 6. The third-order valence-corrected chi connectivity index (χ3v) is 3.89. The van der Waals surface area contributed by atoms with Gasteiger partial charge in [-0.05, 0) is 0 Å². The number of likely N-dealkylation sites (N-methyl/N-ethyl adjacent to an activating group) is 1. The molecule has 1 aliphatic rings. The second-order valence-electron chi connectivity index (χ2n) is 5.18. The number of nitrogens with one attached hydrogen (secondary N) is 1. The molecule has 1 aliphatic heterocycles. The van der Waals surface area contributed by atoms with E-state index in [2.05, 4.69) is 37.8 Å². The van der Waals surface area contributed by atoms with E-state index in [1.165, 1.54) is 0 Å². The zero-order chi connectivity index (χ0) is 14.4. The molecule has 0 unspecified atom stereocenters. The maximum atomic E-state index is 11.3. The molecule has 20 heavy (non-hydrogen) atoms. The first kappa shape index (κ1) is 15.0. The van der Waals surface area contributed by atoms with Gasteiger partial charge in [-0.2, -0.15) is 0 Å². The van der Waals surface area contributed by atoms with Crippen LogP contribution < -0.4 is 5.32 Å². The number of carbonyl (C=O) groups is 1. The Hall–Kier alpha value is -1.40. The van der Waals surface area contributed by atoms with E-state index in [4.69, 9.17) is 0 Å². The number of amides is 1. The predicted molar refractivity (Wildman–Crippen MR) is 78.6 cm³/mol. The molecule has 0 atom stereocenters. The van der Waals surface area contributed by atoms with Crippen LogP contribution in [0, 0.1) is 0 Å². The van der Waals surface area contributed by atoms with Gasteiger partial charge in [0.1, 0.15) is 5.82 Å². The Labute approximate surface area is 120 Å². The number of aryl methyl sites for hydroxylation is 1. The highest BCUT2D eigenvalue weighted by Crippen LogP contribution is 2.04. The first-order valence-electron chi connectivity index (χ1n) is 7.38. The average Bonchev–Trinajstić information content (AvgIpc) is 2.94. The molecule has 1 N–H and O–H groups in total. The van der Waals surface area contributed by atoms with Crippen molar-refractivity contribution in [3.63, 3.8) is 0 Å². The first-order chi connectivity index (χ1) is 9.72. The van der Waals surface area contributed by atoms with Gasteiger partial charge in [0.25, 0.3) is 0 Å². The smallest absolute Gasteiger partial charge is 0.233 e. The molecule has 0 radical (unpaired) electrons. The summed E-state index contributed by atoms with van der Waals surface area (Å²) in [5, 5.41) is 2.68. The lowest BCUT2D eigenvalue weighted by Crippen LogP contribution is -2.49. The number of hydrogen-bond acceptors (Lipinski definition) is 4. The molecule has 6 heteroatoms. The van der Waals surface area contributed by atoms with Crippen LogP contribution in [0.4, 0.5) is 0 Å². The normalized spacial score (nSPS) is 17.3. The van der Waals surface area contributed by atoms with E-state index in [0.717, 1.165) is 51.5 Å². The summed E-state index contributed by atoms with van der Waals surface area (Å²) in [4.78, 5) is 20.4. The van der Waals surface area contributed by atoms with Gasteiger partial charge in [-0.25, -0.2) is 4.98 Å². The van der Waals surface area contributed by atoms with Crippen LogP contribution in [0.3, 0.4) is 0 Å². The Morgan fingerprint density at radius 2 is 1.95 bits per heavy atom. The minimum Gasteiger partial charge on any atom is -0.358 e. The monoisotopic (exact) mass is 279 g/mol. The topological polar surface area (TPSA) is 53.4 Å². The standard InChI is InChI=1S/C14H25N5O/c1-3-13-16-4-5-19(13)11-10-17-6-8-18(9-7-17)12-14(20)15-2/h4-5H,3,6-12H2,1-2H3,(H,15,20). The minimum absolute atomic E-state index is 0.101. The quantitative estimate of drug-likeness (QED) is 0.784. The summed E-state index contributed by atoms with van der Waals surface area (Å²) in [5.41, 5.74) is 0. The van der Waals surface area contributed by atoms with E-state index in [0.29, 0.717) is 6.54 Å². The van der Waals surface area contributed by atoms with Gasteiger partial charge < -0.3 is 9.88 Å². The van der Waals surface area contributed by atoms with E-state index in [1.54, 1.807) is 7.05 Å². The minimum atomic E-state index is 0.101. The zero-order valence-electron chi connectivity index (χ0n) is 12.5. The van der Waals surface area contributed by atoms with Crippen molar-refractivity contribution in [3.8, 4) is 0 Å². The van der Waals surface area contributed by atoms with Crippen LogP contribution in [0.2, 0.25) is 0 Å². The van der Waals surface area contributed by atoms with Crippen molar-refractivity contribution >= 4 is 5.91 Å². The van der Waals surface area contributed by atoms with Crippen molar-refractivity contribution in [1.29, 1.82) is 0 Å². The van der Waals surface area contributed by atoms with Crippen molar-refractivity contribution in [1.82, 2.24) is 24.7 Å². The second kappa shape index (κ2) is 7.40. The number of imidazole rings is 1. The molecule has 0 bridgehead atoms. The molecular formula is C14H25N5O. The van der Waals surface area contributed by atoms with Crippen LogP contribution in [0.5, 0.6) is 0 Å². The molecular weight excluding hydrogens is 254 g/mol. The van der Waals surface area contributed by atoms with E-state index in [-0.39, 0.29) is 5.91 Å². The van der Waals surface area contributed by atoms with Crippen molar-refractivity contribution in [2.45, 2.75) is 19.9 Å². The summed E-state index contributed by atoms with van der Waals surface area (Å²) in [6, 6.07) is 0. The molecule has 0 spiro atoms. The molecule has 1 saturated heterocycles. The molecule has 1 aromatic rings. The second-order valence-corrected chi connectivity index (χ2v) is 5.18. The van der Waals surface area contributed by atoms with Crippen molar-refractivity contribution < 1.29 is 4.79 Å². The third-order valence-electron chi connectivity index (χ3n) is 3.89. The summed E-state index contributed by atoms with van der Waals surface area (Å²) < 4.78 is 2.23. The summed E-state index contributed by atoms with van der Waals surface area (Å²) in [7, 11) is 1.69. The number of nitrogens with zero attached hydrogens (tertiary/aromatic N) is 4. The molecule has 0 aliphatic carbocycles. The number of carbonyl (C=O) groups excluding carboxylic acids is 1. The predicted octanol–water partition coefficient (Wildman–Crippen LogP) is -0.191. The summed E-state index contributed by atoms with van der Waals surface area (Å²) in [6.07, 6.45) is 4.91. The first-order valence-corrected chi connectivity index (χ1v) is 7.38. The largest absolute Gasteiger partial charge is 0.358 e. The number of piperazine rings is 1. The van der Waals surface area contributed by atoms with Gasteiger partial charge in [0.15, 0.2) is 0 Å². The molecule has 2 heterocycles. The molecule has 0 aromatic carbocycles. The van der Waals surface area contributed by atoms with Gasteiger partial charge in [-0.1, -0.05) is 6.92 Å². The molecule has 6 nitrogen and oxygen atoms in total. The fraction of sp³-hybridized carbons (Fsp3) is 0.714. The van der Waals surface area contributed by atoms with Gasteiger partial charge in [0.05, 0.1) is 6.54 Å². The van der Waals surface area contributed by atoms with Gasteiger partial charge in [0.2, 0.25) is 5.91 Å². The van der Waals surface area contributed by atoms with E-state index < -0.39 is 0 Å². The third kappa shape index (κ3) is 4.05. The van der Waals surface area contributed by atoms with Gasteiger partial charge in [-0.15, -0.1) is 0 Å². The van der Waals surface area contributed by atoms with Gasteiger partial charge >= 0.3 is 0 Å². The molecule has 112 valence electrons. The maximum Gasteiger partial charge on any atom is 0.233 e. The summed E-state index contributed by atoms with van der Waals surface area (Å²) in [6.45, 7) is 8.72. The lowest BCUT2D eigenvalue weighted by atomic mass is 10.3. The Morgan fingerprint density at radius 3 is 2.60 bits per heavy atom. The molecule has 1 amide bonds. The Kier molecular flexibility index (Phi) is 5.55. The van der Waals surface area contributed by atoms with Crippen LogP contribution in [0.25, 0.3) is 0 Å². The lowest BCUT2D eigenvalue weighted by Gasteiger charge is -2.34. The van der Waals surface area contributed by atoms with Crippen LogP contribution in [0.1, 0.15) is 12.7 Å². The maximum absolute atomic E-state index is 11.3. The molecule has 0 saturated carbocycles. The van der Waals surface area contributed by atoms with Crippen LogP contribution in [0.15, 0.2) is 12.4 Å². The fourth-order valence-electron chi connectivity index (χ4n) is 2.56. The summed E-state index contributed by atoms with van der Waals surface area (Å²) >= 11 is 0. The Balaban J connectivity index is 1.71. The summed E-state index contributed by atoms with van der Waals surface area (Å²) in [5.74, 6) is 1.26. The van der Waals surface area contributed by atoms with Crippen molar-refractivity contribution in [2.75, 3.05) is 46.3 Å². The molecule has 2 rings (SSSR count). The van der Waals surface area contributed by atoms with E-state index >= 15 is 0 Å². The highest BCUT2D eigenvalue weighted by molar-refractivity contribution is 5.77. The van der Waals surface area contributed by atoms with Gasteiger partial charge in [-0.3, -0.25) is 14.6 Å². The number of aromatic nitrogens is 2. The van der Waals surface area contributed by atoms with Crippen LogP contribution in [-0.2, 0) is 17.8 Å². The SMILES string of the molecule is CCc1nccn1CCN1CCN(CC(=O)NC)CC1. The van der Waals surface area contributed by atoms with Crippen molar-refractivity contribution in [3.05, 3.63) is 18.2 Å². The Bertz CT molecular complexity index is 423. The van der Waals surface area contributed by atoms with E-state index in [1.807, 2.05) is 6.20 Å². The highest BCUT2D eigenvalue weighted by atomic mass is 16.1. The zero-order valence-corrected chi connectivity index (χ0v) is 12.5. The number of hydrogen-bond donors (Lipinski definition) is 1. The molecule has 1 fully saturated rings. The lowest BCUT2D eigenvalue weighted by molar-refractivity contribution is -0.122. The van der Waals surface area contributed by atoms with E-state index in [9.17, 15) is 4.79 Å². The molecule has 1 aromatic heterocycles. The van der Waals surface area contributed by atoms with Crippen molar-refractivity contribution in [2.24, 2.45) is 0 Å². The fourth-order valence-corrected chi connectivity index (χ4v) is 2.56. The highest BCUT2D eigenvalue weighted by Gasteiger charge is 2.18. The van der Waals surface area contributed by atoms with Crippen LogP contribution >= 0.6 is 0 Å². The average molecular weight is 279 g/mol. The Morgan fingerprint density at radius 1 is 1.25 bits per heavy atom.